The van der Waals surface area contributed by atoms with Gasteiger partial charge < -0.3 is 23.4 Å². The monoisotopic (exact) mass is 332 g/mol. The highest BCUT2D eigenvalue weighted by Crippen LogP contribution is 2.30. The third kappa shape index (κ3) is 3.04. The van der Waals surface area contributed by atoms with E-state index in [4.69, 9.17) is 18.3 Å². The van der Waals surface area contributed by atoms with E-state index in [1.807, 2.05) is 0 Å². The van der Waals surface area contributed by atoms with Gasteiger partial charge in [-0.1, -0.05) is 0 Å². The van der Waals surface area contributed by atoms with Crippen LogP contribution in [0.4, 0.5) is 0 Å². The average Bonchev–Trinajstić information content (AvgIpc) is 3.24. The lowest BCUT2D eigenvalue weighted by atomic mass is 10.1. The molecule has 0 saturated heterocycles. The second kappa shape index (κ2) is 6.63. The molecule has 3 rings (SSSR count). The molecule has 0 saturated carbocycles. The number of aromatic nitrogens is 2. The van der Waals surface area contributed by atoms with Gasteiger partial charge in [0.15, 0.2) is 5.76 Å². The Labute approximate surface area is 136 Å². The summed E-state index contributed by atoms with van der Waals surface area (Å²) in [5, 5.41) is 14.5. The van der Waals surface area contributed by atoms with E-state index in [9.17, 15) is 9.90 Å². The topological polar surface area (TPSA) is 99.9 Å². The van der Waals surface area contributed by atoms with Crippen molar-refractivity contribution in [1.29, 1.82) is 0 Å². The molecule has 0 radical (unpaired) electrons. The summed E-state index contributed by atoms with van der Waals surface area (Å²) in [5.41, 5.74) is 0.478. The van der Waals surface area contributed by atoms with Crippen molar-refractivity contribution in [2.24, 2.45) is 0 Å². The van der Waals surface area contributed by atoms with Crippen LogP contribution < -0.4 is 15.2 Å². The zero-order chi connectivity index (χ0) is 17.1. The lowest BCUT2D eigenvalue weighted by molar-refractivity contribution is 0.144. The molecule has 0 fully saturated rings. The first-order chi connectivity index (χ1) is 11.6. The molecule has 1 atom stereocenters. The quantitative estimate of drug-likeness (QED) is 0.735. The van der Waals surface area contributed by atoms with Gasteiger partial charge in [-0.25, -0.2) is 4.79 Å². The predicted octanol–water partition coefficient (Wildman–Crippen LogP) is 1.85. The standard InChI is InChI=1S/C16H16N2O6/c1-21-10-5-6-13(22-2)11(8-10)12(19)9-18-16(20)24-15(17-18)14-4-3-7-23-14/h3-8,12,19H,9H2,1-2H3. The number of hydrogen-bond donors (Lipinski definition) is 1. The molecule has 1 N–H and O–H groups in total. The number of nitrogens with zero attached hydrogens (tertiary/aromatic N) is 2. The number of benzene rings is 1. The van der Waals surface area contributed by atoms with E-state index < -0.39 is 11.9 Å². The van der Waals surface area contributed by atoms with Gasteiger partial charge in [0.2, 0.25) is 0 Å². The number of hydrogen-bond acceptors (Lipinski definition) is 7. The number of methoxy groups -OCH3 is 2. The number of aliphatic hydroxyl groups is 1. The van der Waals surface area contributed by atoms with Gasteiger partial charge in [-0.2, -0.15) is 4.68 Å². The molecule has 0 aliphatic carbocycles. The Bertz CT molecular complexity index is 865. The number of ether oxygens (including phenoxy) is 2. The van der Waals surface area contributed by atoms with E-state index >= 15 is 0 Å². The second-order valence-electron chi connectivity index (χ2n) is 4.96. The number of furan rings is 1. The summed E-state index contributed by atoms with van der Waals surface area (Å²) >= 11 is 0. The summed E-state index contributed by atoms with van der Waals surface area (Å²) in [6.45, 7) is -0.105. The van der Waals surface area contributed by atoms with E-state index in [1.54, 1.807) is 30.3 Å². The van der Waals surface area contributed by atoms with Crippen molar-refractivity contribution in [2.75, 3.05) is 14.2 Å². The second-order valence-corrected chi connectivity index (χ2v) is 4.96. The Morgan fingerprint density at radius 3 is 2.79 bits per heavy atom. The Morgan fingerprint density at radius 2 is 2.12 bits per heavy atom. The highest BCUT2D eigenvalue weighted by molar-refractivity contribution is 5.43. The summed E-state index contributed by atoms with van der Waals surface area (Å²) in [7, 11) is 3.02. The van der Waals surface area contributed by atoms with E-state index in [2.05, 4.69) is 5.10 Å². The molecule has 8 nitrogen and oxygen atoms in total. The fraction of sp³-hybridized carbons (Fsp3) is 0.250. The smallest absolute Gasteiger partial charge is 0.437 e. The molecule has 126 valence electrons. The van der Waals surface area contributed by atoms with Gasteiger partial charge in [-0.05, 0) is 30.3 Å². The fourth-order valence-electron chi connectivity index (χ4n) is 2.28. The van der Waals surface area contributed by atoms with Crippen LogP contribution in [0.1, 0.15) is 11.7 Å². The lowest BCUT2D eigenvalue weighted by Crippen LogP contribution is -2.20. The van der Waals surface area contributed by atoms with E-state index in [-0.39, 0.29) is 12.4 Å². The van der Waals surface area contributed by atoms with Gasteiger partial charge in [-0.15, -0.1) is 5.10 Å². The third-order valence-corrected chi connectivity index (χ3v) is 3.48. The van der Waals surface area contributed by atoms with Gasteiger partial charge in [0, 0.05) is 5.56 Å². The highest BCUT2D eigenvalue weighted by Gasteiger charge is 2.19. The summed E-state index contributed by atoms with van der Waals surface area (Å²) in [5.74, 6) is 0.733. The molecule has 24 heavy (non-hydrogen) atoms. The maximum absolute atomic E-state index is 11.9. The SMILES string of the molecule is COc1ccc(OC)c(C(O)Cn2nc(-c3ccco3)oc2=O)c1. The zero-order valence-corrected chi connectivity index (χ0v) is 13.1. The molecule has 0 bridgehead atoms. The maximum atomic E-state index is 11.9. The van der Waals surface area contributed by atoms with Crippen molar-refractivity contribution < 1.29 is 23.4 Å². The molecule has 8 heteroatoms. The largest absolute Gasteiger partial charge is 0.497 e. The van der Waals surface area contributed by atoms with Crippen molar-refractivity contribution in [3.63, 3.8) is 0 Å². The van der Waals surface area contributed by atoms with Gasteiger partial charge in [0.25, 0.3) is 5.89 Å². The van der Waals surface area contributed by atoms with Crippen molar-refractivity contribution in [3.05, 3.63) is 52.7 Å². The summed E-state index contributed by atoms with van der Waals surface area (Å²) in [6.07, 6.45) is 0.409. The van der Waals surface area contributed by atoms with Crippen LogP contribution in [0.2, 0.25) is 0 Å². The van der Waals surface area contributed by atoms with Crippen LogP contribution in [0.5, 0.6) is 11.5 Å². The van der Waals surface area contributed by atoms with Crippen LogP contribution in [0, 0.1) is 0 Å². The number of rotatable bonds is 6. The molecule has 3 aromatic rings. The first-order valence-corrected chi connectivity index (χ1v) is 7.14. The van der Waals surface area contributed by atoms with Gasteiger partial charge >= 0.3 is 5.76 Å². The summed E-state index contributed by atoms with van der Waals surface area (Å²) in [6, 6.07) is 8.31. The molecule has 0 aliphatic heterocycles. The minimum absolute atomic E-state index is 0.0507. The minimum atomic E-state index is -1.04. The molecule has 1 aromatic carbocycles. The molecule has 2 aromatic heterocycles. The van der Waals surface area contributed by atoms with Crippen LogP contribution in [-0.4, -0.2) is 29.1 Å². The van der Waals surface area contributed by atoms with Crippen LogP contribution in [-0.2, 0) is 6.54 Å². The van der Waals surface area contributed by atoms with Crippen molar-refractivity contribution in [2.45, 2.75) is 12.6 Å². The van der Waals surface area contributed by atoms with Gasteiger partial charge in [0.05, 0.1) is 27.0 Å². The molecular formula is C16H16N2O6. The highest BCUT2D eigenvalue weighted by atomic mass is 16.5. The molecular weight excluding hydrogens is 316 g/mol. The molecule has 2 heterocycles. The van der Waals surface area contributed by atoms with Crippen molar-refractivity contribution in [1.82, 2.24) is 9.78 Å². The predicted molar refractivity (Wildman–Crippen MR) is 83.0 cm³/mol. The van der Waals surface area contributed by atoms with Crippen LogP contribution in [0.3, 0.4) is 0 Å². The Morgan fingerprint density at radius 1 is 1.29 bits per heavy atom. The van der Waals surface area contributed by atoms with Gasteiger partial charge in [-0.3, -0.25) is 0 Å². The van der Waals surface area contributed by atoms with Crippen LogP contribution in [0.15, 0.2) is 50.2 Å². The fourth-order valence-corrected chi connectivity index (χ4v) is 2.28. The zero-order valence-electron chi connectivity index (χ0n) is 13.1. The van der Waals surface area contributed by atoms with Crippen molar-refractivity contribution in [3.8, 4) is 23.1 Å². The lowest BCUT2D eigenvalue weighted by Gasteiger charge is -2.15. The Hall–Kier alpha value is -3.00. The first kappa shape index (κ1) is 15.9. The van der Waals surface area contributed by atoms with E-state index in [1.165, 1.54) is 20.5 Å². The minimum Gasteiger partial charge on any atom is -0.497 e. The molecule has 0 spiro atoms. The Kier molecular flexibility index (Phi) is 4.39. The van der Waals surface area contributed by atoms with Crippen LogP contribution >= 0.6 is 0 Å². The molecule has 1 unspecified atom stereocenters. The van der Waals surface area contributed by atoms with Crippen LogP contribution in [0.25, 0.3) is 11.7 Å². The van der Waals surface area contributed by atoms with E-state index in [0.717, 1.165) is 4.68 Å². The third-order valence-electron chi connectivity index (χ3n) is 3.48. The molecule has 0 aliphatic rings. The molecule has 0 amide bonds. The Balaban J connectivity index is 1.88. The van der Waals surface area contributed by atoms with Gasteiger partial charge in [0.1, 0.15) is 17.6 Å². The normalized spacial score (nSPS) is 12.1. The maximum Gasteiger partial charge on any atom is 0.437 e. The number of aliphatic hydroxyl groups excluding tert-OH is 1. The summed E-state index contributed by atoms with van der Waals surface area (Å²) < 4.78 is 21.6. The first-order valence-electron chi connectivity index (χ1n) is 7.14. The van der Waals surface area contributed by atoms with Crippen molar-refractivity contribution >= 4 is 0 Å². The summed E-state index contributed by atoms with van der Waals surface area (Å²) in [4.78, 5) is 11.9. The average molecular weight is 332 g/mol. The van der Waals surface area contributed by atoms with E-state index in [0.29, 0.717) is 22.8 Å².